The number of nitrogens with two attached hydrogens (primary N) is 1. The first-order valence-corrected chi connectivity index (χ1v) is 5.24. The Hall–Kier alpha value is -1.54. The standard InChI is InChI=1S/C13H16N2/c1-11(10-14)12-4-6-13(7-5-12)15-8-2-3-9-15/h2-9,11H,10,14H2,1H3. The summed E-state index contributed by atoms with van der Waals surface area (Å²) >= 11 is 0. The molecule has 1 heterocycles. The molecule has 2 nitrogen and oxygen atoms in total. The average molecular weight is 200 g/mol. The Morgan fingerprint density at radius 2 is 1.73 bits per heavy atom. The van der Waals surface area contributed by atoms with E-state index < -0.39 is 0 Å². The van der Waals surface area contributed by atoms with Crippen LogP contribution in [0.2, 0.25) is 0 Å². The largest absolute Gasteiger partial charge is 0.330 e. The minimum atomic E-state index is 0.434. The molecular weight excluding hydrogens is 184 g/mol. The van der Waals surface area contributed by atoms with Crippen LogP contribution in [0.1, 0.15) is 18.4 Å². The van der Waals surface area contributed by atoms with Gasteiger partial charge in [-0.2, -0.15) is 0 Å². The molecule has 78 valence electrons. The van der Waals surface area contributed by atoms with E-state index in [4.69, 9.17) is 5.73 Å². The van der Waals surface area contributed by atoms with Gasteiger partial charge in [0.15, 0.2) is 0 Å². The van der Waals surface area contributed by atoms with Gasteiger partial charge in [-0.1, -0.05) is 19.1 Å². The molecule has 0 aliphatic carbocycles. The van der Waals surface area contributed by atoms with Gasteiger partial charge in [-0.05, 0) is 42.3 Å². The van der Waals surface area contributed by atoms with E-state index in [1.807, 2.05) is 24.5 Å². The Morgan fingerprint density at radius 3 is 2.27 bits per heavy atom. The molecule has 0 aliphatic rings. The van der Waals surface area contributed by atoms with Crippen LogP contribution < -0.4 is 5.73 Å². The molecular formula is C13H16N2. The van der Waals surface area contributed by atoms with E-state index in [0.29, 0.717) is 12.5 Å². The maximum absolute atomic E-state index is 5.63. The van der Waals surface area contributed by atoms with Crippen molar-refractivity contribution in [3.05, 3.63) is 54.4 Å². The zero-order chi connectivity index (χ0) is 10.7. The van der Waals surface area contributed by atoms with Crippen molar-refractivity contribution in [2.45, 2.75) is 12.8 Å². The monoisotopic (exact) mass is 200 g/mol. The Labute approximate surface area is 90.3 Å². The molecule has 1 unspecified atom stereocenters. The van der Waals surface area contributed by atoms with Crippen LogP contribution in [0.3, 0.4) is 0 Å². The zero-order valence-corrected chi connectivity index (χ0v) is 8.93. The van der Waals surface area contributed by atoms with Crippen LogP contribution in [-0.2, 0) is 0 Å². The van der Waals surface area contributed by atoms with E-state index in [-0.39, 0.29) is 0 Å². The lowest BCUT2D eigenvalue weighted by molar-refractivity contribution is 0.773. The fourth-order valence-corrected chi connectivity index (χ4v) is 1.62. The van der Waals surface area contributed by atoms with Crippen molar-refractivity contribution in [1.29, 1.82) is 0 Å². The molecule has 0 saturated heterocycles. The molecule has 2 heteroatoms. The lowest BCUT2D eigenvalue weighted by atomic mass is 10.0. The van der Waals surface area contributed by atoms with Crippen LogP contribution in [0, 0.1) is 0 Å². The van der Waals surface area contributed by atoms with E-state index in [0.717, 1.165) is 0 Å². The summed E-state index contributed by atoms with van der Waals surface area (Å²) in [6, 6.07) is 12.6. The average Bonchev–Trinajstić information content (AvgIpc) is 2.82. The minimum absolute atomic E-state index is 0.434. The van der Waals surface area contributed by atoms with Crippen molar-refractivity contribution < 1.29 is 0 Å². The van der Waals surface area contributed by atoms with Gasteiger partial charge < -0.3 is 10.3 Å². The van der Waals surface area contributed by atoms with Crippen LogP contribution in [0.5, 0.6) is 0 Å². The topological polar surface area (TPSA) is 30.9 Å². The summed E-state index contributed by atoms with van der Waals surface area (Å²) in [7, 11) is 0. The molecule has 1 aromatic carbocycles. The summed E-state index contributed by atoms with van der Waals surface area (Å²) < 4.78 is 2.09. The summed E-state index contributed by atoms with van der Waals surface area (Å²) in [5, 5.41) is 0. The highest BCUT2D eigenvalue weighted by molar-refractivity contribution is 5.36. The second-order valence-electron chi connectivity index (χ2n) is 3.82. The fraction of sp³-hybridized carbons (Fsp3) is 0.231. The third-order valence-corrected chi connectivity index (χ3v) is 2.72. The minimum Gasteiger partial charge on any atom is -0.330 e. The lowest BCUT2D eigenvalue weighted by Gasteiger charge is -2.10. The Balaban J connectivity index is 2.25. The van der Waals surface area contributed by atoms with Gasteiger partial charge in [0.05, 0.1) is 0 Å². The number of nitrogens with zero attached hydrogens (tertiary/aromatic N) is 1. The first kappa shape index (κ1) is 9.99. The number of rotatable bonds is 3. The molecule has 1 atom stereocenters. The van der Waals surface area contributed by atoms with Gasteiger partial charge in [-0.25, -0.2) is 0 Å². The van der Waals surface area contributed by atoms with Crippen LogP contribution in [0.4, 0.5) is 0 Å². The van der Waals surface area contributed by atoms with Gasteiger partial charge >= 0.3 is 0 Å². The number of benzene rings is 1. The van der Waals surface area contributed by atoms with Crippen molar-refractivity contribution in [3.8, 4) is 5.69 Å². The molecule has 2 N–H and O–H groups in total. The van der Waals surface area contributed by atoms with E-state index in [1.54, 1.807) is 0 Å². The smallest absolute Gasteiger partial charge is 0.0449 e. The maximum atomic E-state index is 5.63. The van der Waals surface area contributed by atoms with Gasteiger partial charge in [0.1, 0.15) is 0 Å². The molecule has 0 spiro atoms. The second kappa shape index (κ2) is 4.32. The molecule has 0 bridgehead atoms. The third kappa shape index (κ3) is 2.10. The Morgan fingerprint density at radius 1 is 1.13 bits per heavy atom. The van der Waals surface area contributed by atoms with Crippen LogP contribution in [-0.4, -0.2) is 11.1 Å². The van der Waals surface area contributed by atoms with Crippen LogP contribution in [0.25, 0.3) is 5.69 Å². The van der Waals surface area contributed by atoms with E-state index in [9.17, 15) is 0 Å². The molecule has 0 radical (unpaired) electrons. The molecule has 1 aromatic heterocycles. The second-order valence-corrected chi connectivity index (χ2v) is 3.82. The van der Waals surface area contributed by atoms with E-state index in [1.165, 1.54) is 11.3 Å². The number of aromatic nitrogens is 1. The quantitative estimate of drug-likeness (QED) is 0.811. The predicted octanol–water partition coefficient (Wildman–Crippen LogP) is 2.54. The molecule has 2 aromatic rings. The summed E-state index contributed by atoms with van der Waals surface area (Å²) in [6.45, 7) is 2.84. The van der Waals surface area contributed by atoms with Crippen molar-refractivity contribution >= 4 is 0 Å². The molecule has 15 heavy (non-hydrogen) atoms. The first-order chi connectivity index (χ1) is 7.31. The molecule has 0 fully saturated rings. The van der Waals surface area contributed by atoms with Crippen LogP contribution in [0.15, 0.2) is 48.8 Å². The van der Waals surface area contributed by atoms with Gasteiger partial charge in [0.25, 0.3) is 0 Å². The predicted molar refractivity (Wildman–Crippen MR) is 63.2 cm³/mol. The molecule has 2 rings (SSSR count). The van der Waals surface area contributed by atoms with Gasteiger partial charge in [-0.15, -0.1) is 0 Å². The van der Waals surface area contributed by atoms with Gasteiger partial charge in [0, 0.05) is 18.1 Å². The highest BCUT2D eigenvalue weighted by atomic mass is 14.9. The molecule has 0 saturated carbocycles. The number of hydrogen-bond donors (Lipinski definition) is 1. The molecule has 0 aliphatic heterocycles. The number of hydrogen-bond acceptors (Lipinski definition) is 1. The van der Waals surface area contributed by atoms with Crippen molar-refractivity contribution in [2.75, 3.05) is 6.54 Å². The van der Waals surface area contributed by atoms with Crippen molar-refractivity contribution in [2.24, 2.45) is 5.73 Å². The Bertz CT molecular complexity index is 401. The zero-order valence-electron chi connectivity index (χ0n) is 8.93. The normalized spacial score (nSPS) is 12.7. The highest BCUT2D eigenvalue weighted by Crippen LogP contribution is 2.16. The first-order valence-electron chi connectivity index (χ1n) is 5.24. The SMILES string of the molecule is CC(CN)c1ccc(-n2cccc2)cc1. The van der Waals surface area contributed by atoms with Gasteiger partial charge in [-0.3, -0.25) is 0 Å². The van der Waals surface area contributed by atoms with Crippen molar-refractivity contribution in [3.63, 3.8) is 0 Å². The molecule has 0 amide bonds. The highest BCUT2D eigenvalue weighted by Gasteiger charge is 2.02. The van der Waals surface area contributed by atoms with E-state index in [2.05, 4.69) is 35.8 Å². The Kier molecular flexibility index (Phi) is 2.88. The fourth-order valence-electron chi connectivity index (χ4n) is 1.62. The van der Waals surface area contributed by atoms with E-state index >= 15 is 0 Å². The summed E-state index contributed by atoms with van der Waals surface area (Å²) in [4.78, 5) is 0. The van der Waals surface area contributed by atoms with Crippen molar-refractivity contribution in [1.82, 2.24) is 4.57 Å². The lowest BCUT2D eigenvalue weighted by Crippen LogP contribution is -2.08. The van der Waals surface area contributed by atoms with Crippen LogP contribution >= 0.6 is 0 Å². The summed E-state index contributed by atoms with van der Waals surface area (Å²) in [6.07, 6.45) is 4.09. The van der Waals surface area contributed by atoms with Gasteiger partial charge in [0.2, 0.25) is 0 Å². The summed E-state index contributed by atoms with van der Waals surface area (Å²) in [5.74, 6) is 0.434. The summed E-state index contributed by atoms with van der Waals surface area (Å²) in [5.41, 5.74) is 8.12. The third-order valence-electron chi connectivity index (χ3n) is 2.72. The maximum Gasteiger partial charge on any atom is 0.0449 e.